The van der Waals surface area contributed by atoms with Gasteiger partial charge in [-0.2, -0.15) is 0 Å². The lowest BCUT2D eigenvalue weighted by Crippen LogP contribution is -2.38. The van der Waals surface area contributed by atoms with Crippen molar-refractivity contribution in [3.8, 4) is 0 Å². The molecule has 4 unspecified atom stereocenters. The first-order valence-corrected chi connectivity index (χ1v) is 12.6. The van der Waals surface area contributed by atoms with Gasteiger partial charge in [-0.25, -0.2) is 4.98 Å². The van der Waals surface area contributed by atoms with E-state index < -0.39 is 0 Å². The van der Waals surface area contributed by atoms with Crippen molar-refractivity contribution in [3.05, 3.63) is 42.1 Å². The van der Waals surface area contributed by atoms with Crippen molar-refractivity contribution in [3.63, 3.8) is 0 Å². The molecule has 1 saturated heterocycles. The normalized spacial score (nSPS) is 25.2. The first kappa shape index (κ1) is 23.1. The Hall–Kier alpha value is -2.64. The first-order chi connectivity index (χ1) is 16.5. The molecule has 1 aliphatic carbocycles. The molecule has 1 saturated carbocycles. The molecule has 182 valence electrons. The van der Waals surface area contributed by atoms with Crippen molar-refractivity contribution in [1.29, 1.82) is 0 Å². The average Bonchev–Trinajstić information content (AvgIpc) is 3.13. The Balaban J connectivity index is 1.45. The zero-order valence-corrected chi connectivity index (χ0v) is 20.5. The van der Waals surface area contributed by atoms with Gasteiger partial charge in [0.2, 0.25) is 5.91 Å². The summed E-state index contributed by atoms with van der Waals surface area (Å²) in [6.45, 7) is 8.01. The Morgan fingerprint density at radius 3 is 2.88 bits per heavy atom. The number of aromatic nitrogens is 1. The van der Waals surface area contributed by atoms with Gasteiger partial charge in [0, 0.05) is 43.6 Å². The van der Waals surface area contributed by atoms with Crippen LogP contribution in [-0.4, -0.2) is 50.4 Å². The number of fused-ring (bicyclic) bond motifs is 2. The number of hydrogen-bond donors (Lipinski definition) is 1. The molecule has 3 heterocycles. The molecule has 1 aromatic heterocycles. The summed E-state index contributed by atoms with van der Waals surface area (Å²) in [6.07, 6.45) is 5.18. The molecule has 5 rings (SSSR count). The lowest BCUT2D eigenvalue weighted by atomic mass is 9.90. The number of amides is 1. The van der Waals surface area contributed by atoms with Crippen LogP contribution in [-0.2, 0) is 20.8 Å². The van der Waals surface area contributed by atoms with Crippen LogP contribution < -0.4 is 15.1 Å². The van der Waals surface area contributed by atoms with Gasteiger partial charge < -0.3 is 24.6 Å². The fourth-order valence-corrected chi connectivity index (χ4v) is 5.89. The fraction of sp³-hybridized carbons (Fsp3) is 0.556. The second-order valence-electron chi connectivity index (χ2n) is 10.0. The summed E-state index contributed by atoms with van der Waals surface area (Å²) in [4.78, 5) is 22.8. The number of pyridine rings is 1. The number of methoxy groups -OCH3 is 1. The molecule has 0 radical (unpaired) electrons. The molecular weight excluding hydrogens is 428 g/mol. The monoisotopic (exact) mass is 464 g/mol. The van der Waals surface area contributed by atoms with Gasteiger partial charge in [-0.3, -0.25) is 4.79 Å². The van der Waals surface area contributed by atoms with E-state index in [1.807, 2.05) is 11.0 Å². The molecule has 3 aliphatic rings. The van der Waals surface area contributed by atoms with Crippen LogP contribution in [0, 0.1) is 17.8 Å². The molecule has 0 bridgehead atoms. The minimum atomic E-state index is -0.0916. The van der Waals surface area contributed by atoms with Crippen LogP contribution in [0.15, 0.2) is 36.5 Å². The highest BCUT2D eigenvalue weighted by molar-refractivity contribution is 6.00. The smallest absolute Gasteiger partial charge is 0.230 e. The largest absolute Gasteiger partial charge is 0.381 e. The number of ether oxygens (including phenoxy) is 2. The summed E-state index contributed by atoms with van der Waals surface area (Å²) in [5.74, 6) is 1.86. The van der Waals surface area contributed by atoms with Crippen molar-refractivity contribution < 1.29 is 14.3 Å². The van der Waals surface area contributed by atoms with Crippen molar-refractivity contribution in [1.82, 2.24) is 4.98 Å². The first-order valence-electron chi connectivity index (χ1n) is 12.6. The number of benzene rings is 1. The predicted molar refractivity (Wildman–Crippen MR) is 135 cm³/mol. The van der Waals surface area contributed by atoms with Crippen molar-refractivity contribution in [2.45, 2.75) is 45.8 Å². The predicted octanol–water partition coefficient (Wildman–Crippen LogP) is 4.60. The molecule has 34 heavy (non-hydrogen) atoms. The molecule has 2 aliphatic heterocycles. The Morgan fingerprint density at radius 2 is 2.09 bits per heavy atom. The second kappa shape index (κ2) is 9.92. The van der Waals surface area contributed by atoms with Crippen molar-refractivity contribution in [2.75, 3.05) is 48.5 Å². The molecule has 2 aromatic rings. The maximum atomic E-state index is 14.0. The summed E-state index contributed by atoms with van der Waals surface area (Å²) >= 11 is 0. The van der Waals surface area contributed by atoms with Crippen LogP contribution in [0.25, 0.3) is 0 Å². The highest BCUT2D eigenvalue weighted by Crippen LogP contribution is 2.41. The van der Waals surface area contributed by atoms with Gasteiger partial charge in [-0.1, -0.05) is 19.9 Å². The van der Waals surface area contributed by atoms with E-state index in [0.717, 1.165) is 67.6 Å². The van der Waals surface area contributed by atoms with Crippen LogP contribution in [0.2, 0.25) is 0 Å². The number of hydrogen-bond acceptors (Lipinski definition) is 6. The quantitative estimate of drug-likeness (QED) is 0.698. The minimum absolute atomic E-state index is 0.0916. The Labute approximate surface area is 202 Å². The van der Waals surface area contributed by atoms with E-state index in [2.05, 4.69) is 53.3 Å². The Morgan fingerprint density at radius 1 is 1.26 bits per heavy atom. The van der Waals surface area contributed by atoms with E-state index in [0.29, 0.717) is 18.4 Å². The molecular formula is C27H36N4O3. The molecule has 4 atom stereocenters. The standard InChI is InChI=1S/C27H36N4O3/c1-18-6-7-20(25(18)33-3)15-19(2)27(32)31-17-21-5-4-10-28-26(21)29-23-9-8-22(16-24(23)31)30-11-13-34-14-12-30/h4-5,8-10,16,18-20,25H,6-7,11-15,17H2,1-3H3,(H,28,29). The zero-order chi connectivity index (χ0) is 23.7. The van der Waals surface area contributed by atoms with E-state index in [1.54, 1.807) is 13.3 Å². The third-order valence-corrected chi connectivity index (χ3v) is 7.76. The van der Waals surface area contributed by atoms with Crippen molar-refractivity contribution in [2.24, 2.45) is 17.8 Å². The number of rotatable bonds is 5. The third-order valence-electron chi connectivity index (χ3n) is 7.76. The molecule has 1 amide bonds. The lowest BCUT2D eigenvalue weighted by Gasteiger charge is -2.32. The third kappa shape index (κ3) is 4.51. The minimum Gasteiger partial charge on any atom is -0.381 e. The Kier molecular flexibility index (Phi) is 6.75. The van der Waals surface area contributed by atoms with E-state index in [1.165, 1.54) is 6.42 Å². The number of nitrogens with one attached hydrogen (secondary N) is 1. The maximum Gasteiger partial charge on any atom is 0.230 e. The maximum absolute atomic E-state index is 14.0. The van der Waals surface area contributed by atoms with Gasteiger partial charge in [0.15, 0.2) is 0 Å². The van der Waals surface area contributed by atoms with E-state index in [9.17, 15) is 4.79 Å². The van der Waals surface area contributed by atoms with Crippen LogP contribution in [0.4, 0.5) is 22.9 Å². The van der Waals surface area contributed by atoms with Gasteiger partial charge in [0.05, 0.1) is 37.2 Å². The SMILES string of the molecule is COC1C(C)CCC1CC(C)C(=O)N1Cc2cccnc2Nc2ccc(N3CCOCC3)cc21. The second-order valence-corrected chi connectivity index (χ2v) is 10.0. The molecule has 0 spiro atoms. The number of nitrogens with zero attached hydrogens (tertiary/aromatic N) is 3. The summed E-state index contributed by atoms with van der Waals surface area (Å²) < 4.78 is 11.3. The molecule has 7 nitrogen and oxygen atoms in total. The van der Waals surface area contributed by atoms with Gasteiger partial charge in [-0.15, -0.1) is 0 Å². The summed E-state index contributed by atoms with van der Waals surface area (Å²) in [6, 6.07) is 10.3. The fourth-order valence-electron chi connectivity index (χ4n) is 5.89. The molecule has 1 aromatic carbocycles. The molecule has 2 fully saturated rings. The average molecular weight is 465 g/mol. The number of carbonyl (C=O) groups is 1. The van der Waals surface area contributed by atoms with Crippen LogP contribution in [0.1, 0.15) is 38.7 Å². The van der Waals surface area contributed by atoms with E-state index in [4.69, 9.17) is 9.47 Å². The summed E-state index contributed by atoms with van der Waals surface area (Å²) in [7, 11) is 1.81. The van der Waals surface area contributed by atoms with E-state index in [-0.39, 0.29) is 17.9 Å². The summed E-state index contributed by atoms with van der Waals surface area (Å²) in [5.41, 5.74) is 3.98. The van der Waals surface area contributed by atoms with Gasteiger partial charge in [-0.05, 0) is 55.4 Å². The highest BCUT2D eigenvalue weighted by Gasteiger charge is 2.37. The topological polar surface area (TPSA) is 66.9 Å². The number of morpholine rings is 1. The van der Waals surface area contributed by atoms with Gasteiger partial charge >= 0.3 is 0 Å². The van der Waals surface area contributed by atoms with Crippen LogP contribution in [0.5, 0.6) is 0 Å². The van der Waals surface area contributed by atoms with Crippen LogP contribution in [0.3, 0.4) is 0 Å². The van der Waals surface area contributed by atoms with Crippen LogP contribution >= 0.6 is 0 Å². The molecule has 7 heteroatoms. The highest BCUT2D eigenvalue weighted by atomic mass is 16.5. The zero-order valence-electron chi connectivity index (χ0n) is 20.5. The Bertz CT molecular complexity index is 1020. The summed E-state index contributed by atoms with van der Waals surface area (Å²) in [5, 5.41) is 3.48. The van der Waals surface area contributed by atoms with E-state index >= 15 is 0 Å². The van der Waals surface area contributed by atoms with Gasteiger partial charge in [0.25, 0.3) is 0 Å². The lowest BCUT2D eigenvalue weighted by molar-refractivity contribution is -0.122. The number of anilines is 4. The van der Waals surface area contributed by atoms with Gasteiger partial charge in [0.1, 0.15) is 5.82 Å². The number of carbonyl (C=O) groups excluding carboxylic acids is 1. The molecule has 1 N–H and O–H groups in total. The van der Waals surface area contributed by atoms with Crippen molar-refractivity contribution >= 4 is 28.8 Å².